The lowest BCUT2D eigenvalue weighted by molar-refractivity contribution is 0.136. The van der Waals surface area contributed by atoms with E-state index in [-0.39, 0.29) is 0 Å². The van der Waals surface area contributed by atoms with Crippen LogP contribution in [-0.2, 0) is 4.74 Å². The summed E-state index contributed by atoms with van der Waals surface area (Å²) in [6.45, 7) is 6.01. The van der Waals surface area contributed by atoms with E-state index in [1.54, 1.807) is 0 Å². The molecule has 0 radical (unpaired) electrons. The summed E-state index contributed by atoms with van der Waals surface area (Å²) >= 11 is 0. The minimum Gasteiger partial charge on any atom is -0.381 e. The zero-order valence-electron chi connectivity index (χ0n) is 7.10. The molecule has 1 heteroatoms. The molecule has 0 fully saturated rings. The molecule has 0 saturated heterocycles. The third-order valence-corrected chi connectivity index (χ3v) is 1.31. The van der Waals surface area contributed by atoms with Crippen molar-refractivity contribution in [2.75, 3.05) is 13.2 Å². The second kappa shape index (κ2) is 8.70. The molecule has 60 valence electrons. The highest BCUT2D eigenvalue weighted by Crippen LogP contribution is 1.90. The number of ether oxygens (including phenoxy) is 1. The molecule has 0 bridgehead atoms. The lowest BCUT2D eigenvalue weighted by Crippen LogP contribution is -1.94. The number of hydrogen-bond acceptors (Lipinski definition) is 1. The zero-order valence-corrected chi connectivity index (χ0v) is 7.10. The average molecular weight is 142 g/mol. The zero-order chi connectivity index (χ0) is 7.66. The van der Waals surface area contributed by atoms with Gasteiger partial charge >= 0.3 is 0 Å². The van der Waals surface area contributed by atoms with Gasteiger partial charge in [-0.05, 0) is 19.8 Å². The van der Waals surface area contributed by atoms with Crippen LogP contribution in [0.3, 0.4) is 0 Å². The van der Waals surface area contributed by atoms with Gasteiger partial charge in [-0.1, -0.05) is 25.5 Å². The number of rotatable bonds is 6. The van der Waals surface area contributed by atoms with Gasteiger partial charge in [0.15, 0.2) is 0 Å². The van der Waals surface area contributed by atoms with Crippen LogP contribution >= 0.6 is 0 Å². The monoisotopic (exact) mass is 142 g/mol. The molecule has 0 aliphatic rings. The summed E-state index contributed by atoms with van der Waals surface area (Å²) in [6.07, 6.45) is 7.66. The second-order valence-electron chi connectivity index (χ2n) is 2.32. The number of allylic oxidation sites excluding steroid dienone is 1. The molecule has 0 aromatic carbocycles. The van der Waals surface area contributed by atoms with Crippen molar-refractivity contribution in [3.63, 3.8) is 0 Å². The highest BCUT2D eigenvalue weighted by molar-refractivity contribution is 4.75. The Kier molecular flexibility index (Phi) is 8.44. The Labute approximate surface area is 64.1 Å². The molecular formula is C9H18O. The highest BCUT2D eigenvalue weighted by Gasteiger charge is 1.83. The average Bonchev–Trinajstić information content (AvgIpc) is 1.97. The van der Waals surface area contributed by atoms with Crippen molar-refractivity contribution in [3.8, 4) is 0 Å². The molecule has 0 aliphatic carbocycles. The standard InChI is InChI=1S/C9H18O/c1-3-5-7-9-10-8-6-4-2/h3,5H,4,6-9H2,1-2H3/b5-3+. The summed E-state index contributed by atoms with van der Waals surface area (Å²) in [6, 6.07) is 0. The third-order valence-electron chi connectivity index (χ3n) is 1.31. The molecule has 0 atom stereocenters. The van der Waals surface area contributed by atoms with Crippen LogP contribution in [0, 0.1) is 0 Å². The summed E-state index contributed by atoms with van der Waals surface area (Å²) < 4.78 is 5.32. The van der Waals surface area contributed by atoms with Crippen molar-refractivity contribution in [1.29, 1.82) is 0 Å². The molecule has 0 aromatic heterocycles. The van der Waals surface area contributed by atoms with Crippen LogP contribution in [0.15, 0.2) is 12.2 Å². The van der Waals surface area contributed by atoms with E-state index in [2.05, 4.69) is 19.1 Å². The van der Waals surface area contributed by atoms with Crippen LogP contribution in [0.2, 0.25) is 0 Å². The van der Waals surface area contributed by atoms with E-state index in [0.29, 0.717) is 0 Å². The fourth-order valence-electron chi connectivity index (χ4n) is 0.667. The Morgan fingerprint density at radius 2 is 2.10 bits per heavy atom. The van der Waals surface area contributed by atoms with Gasteiger partial charge in [0.05, 0.1) is 6.61 Å². The molecule has 0 saturated carbocycles. The first-order valence-electron chi connectivity index (χ1n) is 4.10. The van der Waals surface area contributed by atoms with Crippen molar-refractivity contribution in [1.82, 2.24) is 0 Å². The first-order valence-corrected chi connectivity index (χ1v) is 4.10. The predicted octanol–water partition coefficient (Wildman–Crippen LogP) is 2.77. The fraction of sp³-hybridized carbons (Fsp3) is 0.778. The number of hydrogen-bond donors (Lipinski definition) is 0. The molecule has 0 aromatic rings. The lowest BCUT2D eigenvalue weighted by atomic mass is 10.3. The Bertz CT molecular complexity index is 76.8. The van der Waals surface area contributed by atoms with E-state index in [9.17, 15) is 0 Å². The molecular weight excluding hydrogens is 124 g/mol. The van der Waals surface area contributed by atoms with E-state index >= 15 is 0 Å². The van der Waals surface area contributed by atoms with Crippen LogP contribution in [0.5, 0.6) is 0 Å². The summed E-state index contributed by atoms with van der Waals surface area (Å²) in [5.74, 6) is 0. The molecule has 0 N–H and O–H groups in total. The van der Waals surface area contributed by atoms with E-state index in [1.165, 1.54) is 12.8 Å². The molecule has 0 unspecified atom stereocenters. The van der Waals surface area contributed by atoms with Gasteiger partial charge in [0.2, 0.25) is 0 Å². The Hall–Kier alpha value is -0.300. The van der Waals surface area contributed by atoms with E-state index < -0.39 is 0 Å². The van der Waals surface area contributed by atoms with Crippen molar-refractivity contribution >= 4 is 0 Å². The normalized spacial score (nSPS) is 11.0. The van der Waals surface area contributed by atoms with Crippen LogP contribution in [-0.4, -0.2) is 13.2 Å². The van der Waals surface area contributed by atoms with Gasteiger partial charge in [-0.15, -0.1) is 0 Å². The van der Waals surface area contributed by atoms with Gasteiger partial charge in [0, 0.05) is 6.61 Å². The maximum absolute atomic E-state index is 5.32. The minimum absolute atomic E-state index is 0.879. The molecule has 0 spiro atoms. The van der Waals surface area contributed by atoms with Gasteiger partial charge in [-0.3, -0.25) is 0 Å². The molecule has 0 heterocycles. The minimum atomic E-state index is 0.879. The maximum Gasteiger partial charge on any atom is 0.0500 e. The van der Waals surface area contributed by atoms with Gasteiger partial charge in [0.25, 0.3) is 0 Å². The smallest absolute Gasteiger partial charge is 0.0500 e. The first-order chi connectivity index (χ1) is 4.91. The molecule has 0 amide bonds. The van der Waals surface area contributed by atoms with Crippen molar-refractivity contribution < 1.29 is 4.74 Å². The first kappa shape index (κ1) is 9.70. The summed E-state index contributed by atoms with van der Waals surface area (Å²) in [5, 5.41) is 0. The largest absolute Gasteiger partial charge is 0.381 e. The number of unbranched alkanes of at least 4 members (excludes halogenated alkanes) is 1. The highest BCUT2D eigenvalue weighted by atomic mass is 16.5. The van der Waals surface area contributed by atoms with Gasteiger partial charge in [-0.2, -0.15) is 0 Å². The van der Waals surface area contributed by atoms with Gasteiger partial charge in [-0.25, -0.2) is 0 Å². The predicted molar refractivity (Wildman–Crippen MR) is 45.2 cm³/mol. The van der Waals surface area contributed by atoms with Crippen LogP contribution in [0.4, 0.5) is 0 Å². The van der Waals surface area contributed by atoms with Crippen molar-refractivity contribution in [3.05, 3.63) is 12.2 Å². The van der Waals surface area contributed by atoms with Gasteiger partial charge < -0.3 is 4.74 Å². The second-order valence-corrected chi connectivity index (χ2v) is 2.32. The van der Waals surface area contributed by atoms with Crippen molar-refractivity contribution in [2.45, 2.75) is 33.1 Å². The summed E-state index contributed by atoms with van der Waals surface area (Å²) in [7, 11) is 0. The van der Waals surface area contributed by atoms with Crippen LogP contribution in [0.25, 0.3) is 0 Å². The van der Waals surface area contributed by atoms with E-state index in [0.717, 1.165) is 19.6 Å². The molecule has 0 rings (SSSR count). The Morgan fingerprint density at radius 3 is 2.70 bits per heavy atom. The molecule has 1 nitrogen and oxygen atoms in total. The van der Waals surface area contributed by atoms with Crippen molar-refractivity contribution in [2.24, 2.45) is 0 Å². The molecule has 10 heavy (non-hydrogen) atoms. The summed E-state index contributed by atoms with van der Waals surface area (Å²) in [4.78, 5) is 0. The molecule has 0 aliphatic heterocycles. The van der Waals surface area contributed by atoms with Crippen LogP contribution < -0.4 is 0 Å². The fourth-order valence-corrected chi connectivity index (χ4v) is 0.667. The summed E-state index contributed by atoms with van der Waals surface area (Å²) in [5.41, 5.74) is 0. The van der Waals surface area contributed by atoms with Crippen LogP contribution in [0.1, 0.15) is 33.1 Å². The topological polar surface area (TPSA) is 9.23 Å². The Morgan fingerprint density at radius 1 is 1.30 bits per heavy atom. The lowest BCUT2D eigenvalue weighted by Gasteiger charge is -1.98. The SMILES string of the molecule is C/C=C/CCOCCCC. The maximum atomic E-state index is 5.32. The Balaban J connectivity index is 2.77. The third kappa shape index (κ3) is 7.70. The van der Waals surface area contributed by atoms with Gasteiger partial charge in [0.1, 0.15) is 0 Å². The van der Waals surface area contributed by atoms with E-state index in [1.807, 2.05) is 6.92 Å². The van der Waals surface area contributed by atoms with E-state index in [4.69, 9.17) is 4.74 Å². The quantitative estimate of drug-likeness (QED) is 0.409.